The molecule has 2 N–H and O–H groups in total. The van der Waals surface area contributed by atoms with Gasteiger partial charge in [0.25, 0.3) is 5.91 Å². The highest BCUT2D eigenvalue weighted by molar-refractivity contribution is 5.84. The number of carboxylic acids is 1. The van der Waals surface area contributed by atoms with E-state index in [-0.39, 0.29) is 19.6 Å². The maximum absolute atomic E-state index is 11.7. The monoisotopic (exact) mass is 295 g/mol. The Morgan fingerprint density at radius 3 is 2.48 bits per heavy atom. The van der Waals surface area contributed by atoms with E-state index in [0.717, 1.165) is 6.42 Å². The van der Waals surface area contributed by atoms with Crippen molar-refractivity contribution in [2.24, 2.45) is 0 Å². The summed E-state index contributed by atoms with van der Waals surface area (Å²) in [7, 11) is 1.48. The summed E-state index contributed by atoms with van der Waals surface area (Å²) in [6, 6.07) is 6.44. The molecule has 1 amide bonds. The molecule has 0 saturated heterocycles. The number of aliphatic carboxylic acids is 1. The molecular weight excluding hydrogens is 274 g/mol. The van der Waals surface area contributed by atoms with Gasteiger partial charge in [0.05, 0.1) is 0 Å². The fourth-order valence-electron chi connectivity index (χ4n) is 1.70. The van der Waals surface area contributed by atoms with Crippen LogP contribution in [0.4, 0.5) is 0 Å². The Morgan fingerprint density at radius 1 is 1.29 bits per heavy atom. The van der Waals surface area contributed by atoms with Crippen LogP contribution >= 0.6 is 0 Å². The van der Waals surface area contributed by atoms with Crippen LogP contribution in [-0.2, 0) is 20.7 Å². The third-order valence-corrected chi connectivity index (χ3v) is 2.95. The number of rotatable bonds is 9. The Morgan fingerprint density at radius 2 is 1.95 bits per heavy atom. The molecule has 0 fully saturated rings. The number of carbonyl (C=O) groups is 2. The lowest BCUT2D eigenvalue weighted by Gasteiger charge is -2.14. The van der Waals surface area contributed by atoms with Gasteiger partial charge in [0.1, 0.15) is 11.8 Å². The van der Waals surface area contributed by atoms with Gasteiger partial charge in [0, 0.05) is 20.1 Å². The van der Waals surface area contributed by atoms with E-state index in [1.54, 1.807) is 12.1 Å². The van der Waals surface area contributed by atoms with E-state index in [1.807, 2.05) is 12.1 Å². The Labute approximate surface area is 124 Å². The number of hydrogen-bond donors (Lipinski definition) is 2. The maximum atomic E-state index is 11.7. The second kappa shape index (κ2) is 8.97. The summed E-state index contributed by atoms with van der Waals surface area (Å²) in [4.78, 5) is 22.7. The first kappa shape index (κ1) is 17.0. The summed E-state index contributed by atoms with van der Waals surface area (Å²) in [6.07, 6.45) is 1.14. The van der Waals surface area contributed by atoms with Crippen molar-refractivity contribution in [3.8, 4) is 5.75 Å². The highest BCUT2D eigenvalue weighted by Gasteiger charge is 2.19. The molecular formula is C15H21NO5. The fraction of sp³-hybridized carbons (Fsp3) is 0.467. The van der Waals surface area contributed by atoms with Gasteiger partial charge in [0.2, 0.25) is 0 Å². The van der Waals surface area contributed by atoms with Crippen molar-refractivity contribution in [1.29, 1.82) is 0 Å². The van der Waals surface area contributed by atoms with Crippen molar-refractivity contribution in [3.05, 3.63) is 29.8 Å². The van der Waals surface area contributed by atoms with Crippen LogP contribution in [0.2, 0.25) is 0 Å². The predicted molar refractivity (Wildman–Crippen MR) is 77.4 cm³/mol. The topological polar surface area (TPSA) is 84.9 Å². The van der Waals surface area contributed by atoms with Crippen LogP contribution < -0.4 is 10.1 Å². The van der Waals surface area contributed by atoms with E-state index in [0.29, 0.717) is 5.75 Å². The summed E-state index contributed by atoms with van der Waals surface area (Å²) in [5, 5.41) is 11.4. The highest BCUT2D eigenvalue weighted by Crippen LogP contribution is 2.12. The van der Waals surface area contributed by atoms with Crippen molar-refractivity contribution < 1.29 is 24.2 Å². The van der Waals surface area contributed by atoms with Gasteiger partial charge in [0.15, 0.2) is 6.61 Å². The predicted octanol–water partition coefficient (Wildman–Crippen LogP) is 1.23. The number of amides is 1. The molecule has 1 aromatic carbocycles. The number of carbonyl (C=O) groups excluding carboxylic acids is 1. The number of ether oxygens (including phenoxy) is 2. The molecule has 1 aromatic rings. The standard InChI is InChI=1S/C15H21NO5/c1-3-11-4-6-12(7-5-11)21-10-14(17)16-13(15(18)19)8-9-20-2/h4-7,13H,3,8-10H2,1-2H3,(H,16,17)(H,18,19). The van der Waals surface area contributed by atoms with Crippen molar-refractivity contribution in [3.63, 3.8) is 0 Å². The molecule has 0 heterocycles. The van der Waals surface area contributed by atoms with Crippen LogP contribution in [0, 0.1) is 0 Å². The Kier molecular flexibility index (Phi) is 7.25. The zero-order valence-electron chi connectivity index (χ0n) is 12.3. The normalized spacial score (nSPS) is 11.7. The Hall–Kier alpha value is -2.08. The van der Waals surface area contributed by atoms with Crippen molar-refractivity contribution in [1.82, 2.24) is 5.32 Å². The molecule has 6 nitrogen and oxygen atoms in total. The number of nitrogens with one attached hydrogen (secondary N) is 1. The van der Waals surface area contributed by atoms with Gasteiger partial charge in [-0.25, -0.2) is 4.79 Å². The minimum absolute atomic E-state index is 0.211. The average molecular weight is 295 g/mol. The maximum Gasteiger partial charge on any atom is 0.326 e. The summed E-state index contributed by atoms with van der Waals surface area (Å²) >= 11 is 0. The van der Waals surface area contributed by atoms with E-state index >= 15 is 0 Å². The van der Waals surface area contributed by atoms with Gasteiger partial charge in [-0.2, -0.15) is 0 Å². The molecule has 1 unspecified atom stereocenters. The lowest BCUT2D eigenvalue weighted by molar-refractivity contribution is -0.142. The molecule has 0 aliphatic heterocycles. The first-order chi connectivity index (χ1) is 10.1. The number of hydrogen-bond acceptors (Lipinski definition) is 4. The largest absolute Gasteiger partial charge is 0.484 e. The molecule has 0 saturated carbocycles. The SMILES string of the molecule is CCc1ccc(OCC(=O)NC(CCOC)C(=O)O)cc1. The fourth-order valence-corrected chi connectivity index (χ4v) is 1.70. The number of carboxylic acid groups (broad SMARTS) is 1. The minimum Gasteiger partial charge on any atom is -0.484 e. The molecule has 0 aromatic heterocycles. The van der Waals surface area contributed by atoms with Crippen LogP contribution in [0.3, 0.4) is 0 Å². The number of methoxy groups -OCH3 is 1. The summed E-state index contributed by atoms with van der Waals surface area (Å²) < 4.78 is 10.1. The molecule has 0 radical (unpaired) electrons. The molecule has 6 heteroatoms. The van der Waals surface area contributed by atoms with E-state index in [1.165, 1.54) is 12.7 Å². The molecule has 0 spiro atoms. The van der Waals surface area contributed by atoms with Crippen LogP contribution in [0.5, 0.6) is 5.75 Å². The molecule has 1 atom stereocenters. The second-order valence-electron chi connectivity index (χ2n) is 4.53. The lowest BCUT2D eigenvalue weighted by Crippen LogP contribution is -2.43. The van der Waals surface area contributed by atoms with Crippen LogP contribution in [0.15, 0.2) is 24.3 Å². The first-order valence-electron chi connectivity index (χ1n) is 6.79. The lowest BCUT2D eigenvalue weighted by atomic mass is 10.2. The van der Waals surface area contributed by atoms with Gasteiger partial charge in [-0.05, 0) is 24.1 Å². The number of benzene rings is 1. The van der Waals surface area contributed by atoms with Crippen LogP contribution in [0.1, 0.15) is 18.9 Å². The van der Waals surface area contributed by atoms with Crippen LogP contribution in [-0.4, -0.2) is 43.3 Å². The van der Waals surface area contributed by atoms with Crippen molar-refractivity contribution in [2.45, 2.75) is 25.8 Å². The van der Waals surface area contributed by atoms with Gasteiger partial charge in [-0.3, -0.25) is 4.79 Å². The molecule has 116 valence electrons. The third-order valence-electron chi connectivity index (χ3n) is 2.95. The number of aryl methyl sites for hydroxylation is 1. The summed E-state index contributed by atoms with van der Waals surface area (Å²) in [5.74, 6) is -0.989. The smallest absolute Gasteiger partial charge is 0.326 e. The van der Waals surface area contributed by atoms with E-state index in [2.05, 4.69) is 12.2 Å². The van der Waals surface area contributed by atoms with Gasteiger partial charge in [-0.15, -0.1) is 0 Å². The zero-order chi connectivity index (χ0) is 15.7. The average Bonchev–Trinajstić information content (AvgIpc) is 2.49. The molecule has 0 aliphatic rings. The Bertz CT molecular complexity index is 458. The quantitative estimate of drug-likeness (QED) is 0.716. The van der Waals surface area contributed by atoms with Gasteiger partial charge >= 0.3 is 5.97 Å². The van der Waals surface area contributed by atoms with E-state index in [4.69, 9.17) is 14.6 Å². The van der Waals surface area contributed by atoms with Gasteiger partial charge < -0.3 is 19.9 Å². The third kappa shape index (κ3) is 6.27. The summed E-state index contributed by atoms with van der Waals surface area (Å²) in [6.45, 7) is 2.09. The van der Waals surface area contributed by atoms with Gasteiger partial charge in [-0.1, -0.05) is 19.1 Å². The summed E-state index contributed by atoms with van der Waals surface area (Å²) in [5.41, 5.74) is 1.18. The molecule has 21 heavy (non-hydrogen) atoms. The highest BCUT2D eigenvalue weighted by atomic mass is 16.5. The second-order valence-corrected chi connectivity index (χ2v) is 4.53. The zero-order valence-corrected chi connectivity index (χ0v) is 12.3. The Balaban J connectivity index is 2.42. The van der Waals surface area contributed by atoms with Crippen LogP contribution in [0.25, 0.3) is 0 Å². The molecule has 0 aliphatic carbocycles. The van der Waals surface area contributed by atoms with Crippen molar-refractivity contribution >= 4 is 11.9 Å². The first-order valence-corrected chi connectivity index (χ1v) is 6.79. The van der Waals surface area contributed by atoms with E-state index < -0.39 is 17.9 Å². The molecule has 1 rings (SSSR count). The minimum atomic E-state index is -1.09. The molecule has 0 bridgehead atoms. The van der Waals surface area contributed by atoms with Crippen molar-refractivity contribution in [2.75, 3.05) is 20.3 Å². The van der Waals surface area contributed by atoms with E-state index in [9.17, 15) is 9.59 Å².